The van der Waals surface area contributed by atoms with E-state index in [4.69, 9.17) is 0 Å². The van der Waals surface area contributed by atoms with E-state index in [2.05, 4.69) is 5.32 Å². The first-order chi connectivity index (χ1) is 9.04. The number of piperidine rings is 1. The minimum Gasteiger partial charge on any atom is -0.359 e. The summed E-state index contributed by atoms with van der Waals surface area (Å²) in [5.74, 6) is -0.0638. The van der Waals surface area contributed by atoms with E-state index in [0.29, 0.717) is 12.8 Å². The largest absolute Gasteiger partial charge is 0.359 e. The molecule has 1 aromatic rings. The Morgan fingerprint density at radius 1 is 1.32 bits per heavy atom. The Hall–Kier alpha value is -1.84. The zero-order chi connectivity index (χ0) is 14.0. The van der Waals surface area contributed by atoms with Crippen LogP contribution in [0.15, 0.2) is 24.3 Å². The van der Waals surface area contributed by atoms with Gasteiger partial charge in [-0.3, -0.25) is 9.59 Å². The molecule has 1 N–H and O–H groups in total. The van der Waals surface area contributed by atoms with Crippen LogP contribution in [0.5, 0.6) is 0 Å². The van der Waals surface area contributed by atoms with Crippen LogP contribution in [-0.4, -0.2) is 30.8 Å². The van der Waals surface area contributed by atoms with Crippen LogP contribution in [0, 0.1) is 12.8 Å². The molecule has 102 valence electrons. The third kappa shape index (κ3) is 2.62. The number of carbonyl (C=O) groups excluding carboxylic acids is 2. The molecule has 4 nitrogen and oxygen atoms in total. The molecule has 0 saturated carbocycles. The molecule has 2 amide bonds. The van der Waals surface area contributed by atoms with Gasteiger partial charge in [0.1, 0.15) is 0 Å². The third-order valence-electron chi connectivity index (χ3n) is 3.86. The van der Waals surface area contributed by atoms with Gasteiger partial charge in [-0.25, -0.2) is 0 Å². The molecule has 0 aromatic heterocycles. The molecule has 0 unspecified atom stereocenters. The van der Waals surface area contributed by atoms with Gasteiger partial charge in [0, 0.05) is 20.5 Å². The van der Waals surface area contributed by atoms with Gasteiger partial charge in [-0.05, 0) is 18.9 Å². The lowest BCUT2D eigenvalue weighted by molar-refractivity contribution is -0.141. The number of benzene rings is 1. The lowest BCUT2D eigenvalue weighted by Gasteiger charge is -2.38. The van der Waals surface area contributed by atoms with Crippen LogP contribution in [0.2, 0.25) is 0 Å². The van der Waals surface area contributed by atoms with Crippen molar-refractivity contribution >= 4 is 11.8 Å². The highest BCUT2D eigenvalue weighted by Gasteiger charge is 2.38. The number of rotatable bonds is 2. The van der Waals surface area contributed by atoms with Gasteiger partial charge in [0.15, 0.2) is 0 Å². The van der Waals surface area contributed by atoms with Gasteiger partial charge in [-0.1, -0.05) is 29.8 Å². The standard InChI is InChI=1S/C15H20N2O2/c1-10-4-6-11(7-5-10)14-12(15(19)16-2)8-9-13(18)17(14)3/h4-7,12,14H,8-9H2,1-3H3,(H,16,19)/t12-,14+/m1/s1. The molecule has 0 aliphatic carbocycles. The highest BCUT2D eigenvalue weighted by atomic mass is 16.2. The summed E-state index contributed by atoms with van der Waals surface area (Å²) in [7, 11) is 3.42. The van der Waals surface area contributed by atoms with Crippen LogP contribution < -0.4 is 5.32 Å². The summed E-state index contributed by atoms with van der Waals surface area (Å²) >= 11 is 0. The Morgan fingerprint density at radius 3 is 2.53 bits per heavy atom. The predicted molar refractivity (Wildman–Crippen MR) is 73.5 cm³/mol. The van der Waals surface area contributed by atoms with Gasteiger partial charge < -0.3 is 10.2 Å². The van der Waals surface area contributed by atoms with Crippen LogP contribution in [0.3, 0.4) is 0 Å². The lowest BCUT2D eigenvalue weighted by Crippen LogP contribution is -2.45. The molecular formula is C15H20N2O2. The van der Waals surface area contributed by atoms with E-state index in [0.717, 1.165) is 5.56 Å². The summed E-state index contributed by atoms with van der Waals surface area (Å²) in [5.41, 5.74) is 2.19. The molecule has 2 atom stereocenters. The average molecular weight is 260 g/mol. The summed E-state index contributed by atoms with van der Waals surface area (Å²) in [4.78, 5) is 25.6. The molecule has 0 spiro atoms. The Kier molecular flexibility index (Phi) is 3.88. The summed E-state index contributed by atoms with van der Waals surface area (Å²) in [6, 6.07) is 7.88. The molecule has 0 radical (unpaired) electrons. The van der Waals surface area contributed by atoms with E-state index < -0.39 is 0 Å². The van der Waals surface area contributed by atoms with Crippen molar-refractivity contribution in [3.63, 3.8) is 0 Å². The Bertz CT molecular complexity index is 481. The Morgan fingerprint density at radius 2 is 1.95 bits per heavy atom. The highest BCUT2D eigenvalue weighted by Crippen LogP contribution is 2.35. The van der Waals surface area contributed by atoms with Crippen LogP contribution in [0.1, 0.15) is 30.0 Å². The van der Waals surface area contributed by atoms with Crippen molar-refractivity contribution in [2.75, 3.05) is 14.1 Å². The first kappa shape index (κ1) is 13.6. The molecule has 4 heteroatoms. The molecule has 1 aromatic carbocycles. The van der Waals surface area contributed by atoms with Crippen LogP contribution in [-0.2, 0) is 9.59 Å². The number of hydrogen-bond acceptors (Lipinski definition) is 2. The molecule has 1 aliphatic heterocycles. The van der Waals surface area contributed by atoms with Crippen molar-refractivity contribution in [1.82, 2.24) is 10.2 Å². The number of likely N-dealkylation sites (tertiary alicyclic amines) is 1. The molecule has 1 aliphatic rings. The quantitative estimate of drug-likeness (QED) is 0.879. The minimum absolute atomic E-state index is 0.00456. The molecule has 0 bridgehead atoms. The van der Waals surface area contributed by atoms with Gasteiger partial charge in [-0.2, -0.15) is 0 Å². The van der Waals surface area contributed by atoms with Gasteiger partial charge >= 0.3 is 0 Å². The predicted octanol–water partition coefficient (Wildman–Crippen LogP) is 1.65. The molecule has 2 rings (SSSR count). The van der Waals surface area contributed by atoms with E-state index in [9.17, 15) is 9.59 Å². The van der Waals surface area contributed by atoms with Gasteiger partial charge in [0.25, 0.3) is 0 Å². The van der Waals surface area contributed by atoms with Crippen molar-refractivity contribution in [1.29, 1.82) is 0 Å². The van der Waals surface area contributed by atoms with E-state index in [1.54, 1.807) is 19.0 Å². The highest BCUT2D eigenvalue weighted by molar-refractivity contribution is 5.84. The lowest BCUT2D eigenvalue weighted by atomic mass is 9.84. The van der Waals surface area contributed by atoms with Crippen LogP contribution in [0.25, 0.3) is 0 Å². The number of hydrogen-bond donors (Lipinski definition) is 1. The summed E-state index contributed by atoms with van der Waals surface area (Å²) in [6.07, 6.45) is 1.05. The summed E-state index contributed by atoms with van der Waals surface area (Å²) in [6.45, 7) is 2.02. The van der Waals surface area contributed by atoms with Crippen molar-refractivity contribution < 1.29 is 9.59 Å². The first-order valence-electron chi connectivity index (χ1n) is 6.58. The molecular weight excluding hydrogens is 240 g/mol. The molecule has 1 heterocycles. The topological polar surface area (TPSA) is 49.4 Å². The van der Waals surface area contributed by atoms with E-state index in [1.807, 2.05) is 31.2 Å². The Labute approximate surface area is 113 Å². The average Bonchev–Trinajstić information content (AvgIpc) is 2.42. The second-order valence-electron chi connectivity index (χ2n) is 5.12. The zero-order valence-electron chi connectivity index (χ0n) is 11.6. The van der Waals surface area contributed by atoms with E-state index >= 15 is 0 Å². The number of nitrogens with zero attached hydrogens (tertiary/aromatic N) is 1. The summed E-state index contributed by atoms with van der Waals surface area (Å²) < 4.78 is 0. The van der Waals surface area contributed by atoms with Crippen molar-refractivity contribution in [2.24, 2.45) is 5.92 Å². The maximum absolute atomic E-state index is 12.0. The minimum atomic E-state index is -0.171. The fourth-order valence-corrected chi connectivity index (χ4v) is 2.72. The number of carbonyl (C=O) groups is 2. The molecule has 1 fully saturated rings. The molecule has 1 saturated heterocycles. The second kappa shape index (κ2) is 5.43. The summed E-state index contributed by atoms with van der Waals surface area (Å²) in [5, 5.41) is 2.70. The number of nitrogens with one attached hydrogen (secondary N) is 1. The normalized spacial score (nSPS) is 23.3. The first-order valence-corrected chi connectivity index (χ1v) is 6.58. The number of aryl methyl sites for hydroxylation is 1. The maximum Gasteiger partial charge on any atom is 0.225 e. The fraction of sp³-hybridized carbons (Fsp3) is 0.467. The second-order valence-corrected chi connectivity index (χ2v) is 5.12. The smallest absolute Gasteiger partial charge is 0.225 e. The third-order valence-corrected chi connectivity index (χ3v) is 3.86. The van der Waals surface area contributed by atoms with Crippen molar-refractivity contribution in [3.05, 3.63) is 35.4 Å². The fourth-order valence-electron chi connectivity index (χ4n) is 2.72. The van der Waals surface area contributed by atoms with E-state index in [1.165, 1.54) is 5.56 Å². The van der Waals surface area contributed by atoms with E-state index in [-0.39, 0.29) is 23.8 Å². The van der Waals surface area contributed by atoms with Crippen LogP contribution in [0.4, 0.5) is 0 Å². The van der Waals surface area contributed by atoms with Gasteiger partial charge in [-0.15, -0.1) is 0 Å². The molecule has 19 heavy (non-hydrogen) atoms. The maximum atomic E-state index is 12.0. The zero-order valence-corrected chi connectivity index (χ0v) is 11.6. The van der Waals surface area contributed by atoms with Crippen LogP contribution >= 0.6 is 0 Å². The SMILES string of the molecule is CNC(=O)[C@@H]1CCC(=O)N(C)[C@H]1c1ccc(C)cc1. The van der Waals surface area contributed by atoms with Gasteiger partial charge in [0.05, 0.1) is 12.0 Å². The van der Waals surface area contributed by atoms with Crippen molar-refractivity contribution in [3.8, 4) is 0 Å². The monoisotopic (exact) mass is 260 g/mol. The van der Waals surface area contributed by atoms with Gasteiger partial charge in [0.2, 0.25) is 11.8 Å². The number of amides is 2. The van der Waals surface area contributed by atoms with Crippen molar-refractivity contribution in [2.45, 2.75) is 25.8 Å². The Balaban J connectivity index is 2.36.